The van der Waals surface area contributed by atoms with E-state index in [4.69, 9.17) is 0 Å². The molecular formula is C13H18BrN5O3S. The zero-order chi connectivity index (χ0) is 16.6. The Hall–Kier alpha value is -1.23. The maximum atomic E-state index is 12.1. The molecule has 10 heteroatoms. The molecule has 3 rings (SSSR count). The summed E-state index contributed by atoms with van der Waals surface area (Å²) in [6, 6.07) is 1.86. The Balaban J connectivity index is 1.67. The third kappa shape index (κ3) is 3.65. The van der Waals surface area contributed by atoms with E-state index in [0.29, 0.717) is 44.9 Å². The van der Waals surface area contributed by atoms with Gasteiger partial charge in [-0.1, -0.05) is 0 Å². The molecule has 1 N–H and O–H groups in total. The average molecular weight is 404 g/mol. The second-order valence-corrected chi connectivity index (χ2v) is 8.50. The summed E-state index contributed by atoms with van der Waals surface area (Å²) in [7, 11) is -3.11. The van der Waals surface area contributed by atoms with Gasteiger partial charge in [-0.3, -0.25) is 14.5 Å². The van der Waals surface area contributed by atoms with Crippen molar-refractivity contribution >= 4 is 37.1 Å². The number of hydrogen-bond donors (Lipinski definition) is 1. The molecule has 2 aromatic rings. The summed E-state index contributed by atoms with van der Waals surface area (Å²) >= 11 is 3.36. The van der Waals surface area contributed by atoms with E-state index < -0.39 is 10.0 Å². The zero-order valence-corrected chi connectivity index (χ0v) is 15.1. The smallest absolute Gasteiger partial charge is 0.299 e. The molecule has 0 radical (unpaired) electrons. The Morgan fingerprint density at radius 2 is 1.96 bits per heavy atom. The predicted octanol–water partition coefficient (Wildman–Crippen LogP) is 0.0643. The van der Waals surface area contributed by atoms with Crippen LogP contribution in [0, 0.1) is 0 Å². The van der Waals surface area contributed by atoms with Gasteiger partial charge in [0.25, 0.3) is 0 Å². The van der Waals surface area contributed by atoms with Gasteiger partial charge in [0, 0.05) is 49.9 Å². The Bertz CT molecular complexity index is 867. The van der Waals surface area contributed by atoms with Crippen LogP contribution in [0.2, 0.25) is 0 Å². The number of rotatable bonds is 4. The lowest BCUT2D eigenvalue weighted by atomic mass is 10.3. The van der Waals surface area contributed by atoms with Crippen LogP contribution in [-0.4, -0.2) is 71.1 Å². The first-order valence-corrected chi connectivity index (χ1v) is 9.90. The number of pyridine rings is 1. The van der Waals surface area contributed by atoms with E-state index in [1.54, 1.807) is 10.8 Å². The molecule has 0 bridgehead atoms. The van der Waals surface area contributed by atoms with Crippen molar-refractivity contribution < 1.29 is 8.42 Å². The van der Waals surface area contributed by atoms with E-state index in [-0.39, 0.29) is 5.69 Å². The number of nitrogens with zero attached hydrogens (tertiary/aromatic N) is 4. The van der Waals surface area contributed by atoms with Crippen molar-refractivity contribution in [3.05, 3.63) is 27.2 Å². The van der Waals surface area contributed by atoms with Gasteiger partial charge in [0.1, 0.15) is 0 Å². The van der Waals surface area contributed by atoms with E-state index in [2.05, 4.69) is 30.8 Å². The molecule has 1 aliphatic rings. The molecule has 1 saturated heterocycles. The number of aromatic nitrogens is 3. The van der Waals surface area contributed by atoms with Crippen LogP contribution in [-0.2, 0) is 16.6 Å². The average Bonchev–Trinajstić information content (AvgIpc) is 2.79. The fourth-order valence-electron chi connectivity index (χ4n) is 2.76. The second-order valence-electron chi connectivity index (χ2n) is 5.61. The lowest BCUT2D eigenvalue weighted by Crippen LogP contribution is -2.49. The van der Waals surface area contributed by atoms with Crippen molar-refractivity contribution in [3.8, 4) is 0 Å². The van der Waals surface area contributed by atoms with Crippen LogP contribution in [0.4, 0.5) is 0 Å². The highest BCUT2D eigenvalue weighted by molar-refractivity contribution is 9.10. The highest BCUT2D eigenvalue weighted by atomic mass is 79.9. The molecule has 2 aromatic heterocycles. The zero-order valence-electron chi connectivity index (χ0n) is 12.7. The summed E-state index contributed by atoms with van der Waals surface area (Å²) in [5.74, 6) is 0. The topological polar surface area (TPSA) is 91.3 Å². The first kappa shape index (κ1) is 16.6. The van der Waals surface area contributed by atoms with Gasteiger partial charge in [-0.15, -0.1) is 0 Å². The van der Waals surface area contributed by atoms with Crippen molar-refractivity contribution in [2.75, 3.05) is 39.0 Å². The van der Waals surface area contributed by atoms with E-state index in [9.17, 15) is 13.2 Å². The van der Waals surface area contributed by atoms with Crippen molar-refractivity contribution in [2.45, 2.75) is 6.54 Å². The minimum Gasteiger partial charge on any atom is -0.299 e. The van der Waals surface area contributed by atoms with Crippen LogP contribution in [0.1, 0.15) is 0 Å². The number of imidazole rings is 1. The predicted molar refractivity (Wildman–Crippen MR) is 90.9 cm³/mol. The highest BCUT2D eigenvalue weighted by Gasteiger charge is 2.23. The molecule has 0 spiro atoms. The van der Waals surface area contributed by atoms with Crippen LogP contribution >= 0.6 is 15.9 Å². The Morgan fingerprint density at radius 1 is 1.26 bits per heavy atom. The second kappa shape index (κ2) is 6.34. The number of sulfonamides is 1. The molecule has 1 aliphatic heterocycles. The fraction of sp³-hybridized carbons (Fsp3) is 0.538. The molecule has 0 unspecified atom stereocenters. The van der Waals surface area contributed by atoms with Crippen molar-refractivity contribution in [2.24, 2.45) is 0 Å². The number of H-pyrrole nitrogens is 1. The number of aromatic amines is 1. The van der Waals surface area contributed by atoms with Crippen LogP contribution < -0.4 is 5.69 Å². The van der Waals surface area contributed by atoms with Gasteiger partial charge in [-0.25, -0.2) is 18.2 Å². The normalized spacial score (nSPS) is 17.8. The minimum absolute atomic E-state index is 0.180. The number of halogens is 1. The lowest BCUT2D eigenvalue weighted by Gasteiger charge is -2.33. The summed E-state index contributed by atoms with van der Waals surface area (Å²) in [4.78, 5) is 21.1. The first-order chi connectivity index (χ1) is 10.8. The summed E-state index contributed by atoms with van der Waals surface area (Å²) in [6.45, 7) is 3.56. The Morgan fingerprint density at radius 3 is 2.61 bits per heavy atom. The molecule has 1 fully saturated rings. The lowest BCUT2D eigenvalue weighted by molar-refractivity contribution is 0.183. The maximum absolute atomic E-state index is 12.1. The van der Waals surface area contributed by atoms with Crippen LogP contribution in [0.5, 0.6) is 0 Å². The van der Waals surface area contributed by atoms with Crippen molar-refractivity contribution in [1.29, 1.82) is 0 Å². The van der Waals surface area contributed by atoms with Crippen LogP contribution in [0.25, 0.3) is 11.2 Å². The Kier molecular flexibility index (Phi) is 4.59. The van der Waals surface area contributed by atoms with E-state index in [1.807, 2.05) is 6.07 Å². The van der Waals surface area contributed by atoms with Gasteiger partial charge >= 0.3 is 5.69 Å². The third-order valence-corrected chi connectivity index (χ3v) is 5.77. The first-order valence-electron chi connectivity index (χ1n) is 7.26. The quantitative estimate of drug-likeness (QED) is 0.779. The van der Waals surface area contributed by atoms with Gasteiger partial charge in [-0.05, 0) is 22.0 Å². The summed E-state index contributed by atoms with van der Waals surface area (Å²) in [6.07, 6.45) is 2.88. The monoisotopic (exact) mass is 403 g/mol. The third-order valence-electron chi connectivity index (χ3n) is 4.04. The largest absolute Gasteiger partial charge is 0.327 e. The molecule has 8 nitrogen and oxygen atoms in total. The van der Waals surface area contributed by atoms with Gasteiger partial charge in [0.2, 0.25) is 10.0 Å². The van der Waals surface area contributed by atoms with Gasteiger partial charge in [0.15, 0.2) is 5.65 Å². The maximum Gasteiger partial charge on any atom is 0.327 e. The fourth-order valence-corrected chi connectivity index (χ4v) is 3.90. The number of nitrogens with one attached hydrogen (secondary N) is 1. The summed E-state index contributed by atoms with van der Waals surface area (Å²) in [5, 5.41) is 0. The summed E-state index contributed by atoms with van der Waals surface area (Å²) < 4.78 is 27.0. The molecule has 3 heterocycles. The minimum atomic E-state index is -3.11. The van der Waals surface area contributed by atoms with Gasteiger partial charge in [-0.2, -0.15) is 4.31 Å². The molecule has 0 atom stereocenters. The van der Waals surface area contributed by atoms with Crippen LogP contribution in [0.3, 0.4) is 0 Å². The molecule has 126 valence electrons. The van der Waals surface area contributed by atoms with Crippen molar-refractivity contribution in [3.63, 3.8) is 0 Å². The molecule has 0 aliphatic carbocycles. The van der Waals surface area contributed by atoms with E-state index >= 15 is 0 Å². The number of fused-ring (bicyclic) bond motifs is 1. The number of piperazine rings is 1. The van der Waals surface area contributed by atoms with Crippen LogP contribution in [0.15, 0.2) is 21.5 Å². The highest BCUT2D eigenvalue weighted by Crippen LogP contribution is 2.15. The molecule has 23 heavy (non-hydrogen) atoms. The Labute approximate surface area is 142 Å². The molecule has 0 aromatic carbocycles. The van der Waals surface area contributed by atoms with Gasteiger partial charge < -0.3 is 0 Å². The SMILES string of the molecule is CS(=O)(=O)N1CCN(CCn2c(=O)[nH]c3ncc(Br)cc32)CC1. The standard InChI is InChI=1S/C13H18BrN5O3S/c1-23(21,22)18-5-2-17(3-6-18)4-7-19-11-8-10(14)9-15-12(11)16-13(19)20/h8-9H,2-7H2,1H3,(H,15,16,20). The van der Waals surface area contributed by atoms with E-state index in [0.717, 1.165) is 9.99 Å². The molecule has 0 saturated carbocycles. The van der Waals surface area contributed by atoms with Gasteiger partial charge in [0.05, 0.1) is 11.8 Å². The number of hydrogen-bond acceptors (Lipinski definition) is 5. The summed E-state index contributed by atoms with van der Waals surface area (Å²) in [5.41, 5.74) is 1.15. The molecular weight excluding hydrogens is 386 g/mol. The molecule has 0 amide bonds. The van der Waals surface area contributed by atoms with Crippen molar-refractivity contribution in [1.82, 2.24) is 23.7 Å². The van der Waals surface area contributed by atoms with E-state index in [1.165, 1.54) is 10.6 Å².